The Bertz CT molecular complexity index is 336. The number of esters is 1. The molecule has 0 atom stereocenters. The second kappa shape index (κ2) is 8.55. The van der Waals surface area contributed by atoms with Crippen LogP contribution < -0.4 is 0 Å². The molecule has 6 heteroatoms. The van der Waals surface area contributed by atoms with Gasteiger partial charge in [-0.2, -0.15) is 0 Å². The molecule has 0 unspecified atom stereocenters. The third-order valence-corrected chi connectivity index (χ3v) is 2.38. The Morgan fingerprint density at radius 2 is 1.95 bits per heavy atom. The van der Waals surface area contributed by atoms with Crippen molar-refractivity contribution < 1.29 is 29.0 Å². The third kappa shape index (κ3) is 9.10. The van der Waals surface area contributed by atoms with Crippen molar-refractivity contribution in [2.45, 2.75) is 6.92 Å². The number of nitrogens with zero attached hydrogens (tertiary/aromatic N) is 1. The van der Waals surface area contributed by atoms with Crippen LogP contribution >= 0.6 is 0 Å². The van der Waals surface area contributed by atoms with Crippen molar-refractivity contribution in [2.75, 3.05) is 47.0 Å². The van der Waals surface area contributed by atoms with Crippen molar-refractivity contribution >= 4 is 5.97 Å². The van der Waals surface area contributed by atoms with Crippen molar-refractivity contribution in [3.63, 3.8) is 0 Å². The summed E-state index contributed by atoms with van der Waals surface area (Å²) in [6.45, 7) is 6.41. The number of aliphatic hydroxyl groups is 2. The molecule has 0 aliphatic heterocycles. The van der Waals surface area contributed by atoms with E-state index in [2.05, 4.69) is 6.58 Å². The predicted octanol–water partition coefficient (Wildman–Crippen LogP) is 0.590. The number of quaternary nitrogens is 1. The smallest absolute Gasteiger partial charge is 0.333 e. The zero-order valence-corrected chi connectivity index (χ0v) is 11.9. The number of ether oxygens (including phenoxy) is 2. The highest BCUT2D eigenvalue weighted by Crippen LogP contribution is 2.01. The van der Waals surface area contributed by atoms with Gasteiger partial charge in [0.15, 0.2) is 0 Å². The van der Waals surface area contributed by atoms with Crippen LogP contribution in [0.15, 0.2) is 24.2 Å². The molecule has 0 spiro atoms. The Kier molecular flexibility index (Phi) is 7.86. The lowest BCUT2D eigenvalue weighted by atomic mass is 10.3. The van der Waals surface area contributed by atoms with Crippen molar-refractivity contribution in [3.8, 4) is 0 Å². The Morgan fingerprint density at radius 3 is 2.47 bits per heavy atom. The van der Waals surface area contributed by atoms with Crippen molar-refractivity contribution in [2.24, 2.45) is 0 Å². The summed E-state index contributed by atoms with van der Waals surface area (Å²) in [5.74, 6) is -0.608. The molecule has 0 amide bonds. The van der Waals surface area contributed by atoms with Crippen molar-refractivity contribution in [1.82, 2.24) is 0 Å². The molecule has 0 rings (SSSR count). The van der Waals surface area contributed by atoms with E-state index in [1.165, 1.54) is 6.08 Å². The quantitative estimate of drug-likeness (QED) is 0.278. The molecule has 0 aromatic carbocycles. The monoisotopic (exact) mass is 274 g/mol. The Morgan fingerprint density at radius 1 is 1.32 bits per heavy atom. The molecule has 0 aliphatic rings. The average molecular weight is 274 g/mol. The molecule has 0 saturated heterocycles. The molecule has 0 aromatic heterocycles. The van der Waals surface area contributed by atoms with Gasteiger partial charge in [-0.25, -0.2) is 4.79 Å². The van der Waals surface area contributed by atoms with Crippen LogP contribution in [-0.2, 0) is 14.3 Å². The minimum absolute atomic E-state index is 0.0615. The van der Waals surface area contributed by atoms with E-state index in [1.807, 2.05) is 14.1 Å². The van der Waals surface area contributed by atoms with E-state index < -0.39 is 5.97 Å². The number of aliphatic hydroxyl groups excluding tert-OH is 2. The largest absolute Gasteiger partial charge is 0.481 e. The molecule has 2 N–H and O–H groups in total. The molecule has 0 fully saturated rings. The Labute approximate surface area is 114 Å². The van der Waals surface area contributed by atoms with Gasteiger partial charge in [-0.15, -0.1) is 0 Å². The summed E-state index contributed by atoms with van der Waals surface area (Å²) in [5, 5.41) is 17.9. The summed E-state index contributed by atoms with van der Waals surface area (Å²) in [7, 11) is 3.87. The number of carbonyl (C=O) groups is 1. The van der Waals surface area contributed by atoms with Crippen LogP contribution in [0.25, 0.3) is 0 Å². The highest BCUT2D eigenvalue weighted by Gasteiger charge is 2.15. The van der Waals surface area contributed by atoms with Crippen molar-refractivity contribution in [1.29, 1.82) is 0 Å². The first kappa shape index (κ1) is 17.5. The fraction of sp³-hybridized carbons (Fsp3) is 0.615. The second-order valence-corrected chi connectivity index (χ2v) is 4.87. The van der Waals surface area contributed by atoms with Gasteiger partial charge in [-0.05, 0) is 6.92 Å². The molecule has 0 saturated carbocycles. The van der Waals surface area contributed by atoms with Gasteiger partial charge >= 0.3 is 5.97 Å². The molecule has 0 aromatic rings. The first-order valence-electron chi connectivity index (χ1n) is 6.06. The van der Waals surface area contributed by atoms with E-state index in [0.29, 0.717) is 23.1 Å². The summed E-state index contributed by atoms with van der Waals surface area (Å²) in [6, 6.07) is 0. The molecular formula is C13H24NO5+. The van der Waals surface area contributed by atoms with Gasteiger partial charge < -0.3 is 24.2 Å². The predicted molar refractivity (Wildman–Crippen MR) is 71.4 cm³/mol. The summed E-state index contributed by atoms with van der Waals surface area (Å²) in [5.41, 5.74) is 0.375. The maximum absolute atomic E-state index is 11.2. The summed E-state index contributed by atoms with van der Waals surface area (Å²) >= 11 is 0. The van der Waals surface area contributed by atoms with Crippen LogP contribution in [0.1, 0.15) is 6.92 Å². The van der Waals surface area contributed by atoms with Gasteiger partial charge in [0.25, 0.3) is 5.95 Å². The minimum atomic E-state index is -0.398. The highest BCUT2D eigenvalue weighted by molar-refractivity contribution is 5.86. The molecular weight excluding hydrogens is 250 g/mol. The molecule has 0 aliphatic carbocycles. The topological polar surface area (TPSA) is 76.0 Å². The maximum Gasteiger partial charge on any atom is 0.333 e. The van der Waals surface area contributed by atoms with E-state index in [-0.39, 0.29) is 25.8 Å². The zero-order valence-electron chi connectivity index (χ0n) is 11.9. The zero-order chi connectivity index (χ0) is 14.9. The molecule has 0 heterocycles. The minimum Gasteiger partial charge on any atom is -0.481 e. The summed E-state index contributed by atoms with van der Waals surface area (Å²) in [4.78, 5) is 11.2. The first-order valence-corrected chi connectivity index (χ1v) is 6.06. The lowest BCUT2D eigenvalue weighted by molar-refractivity contribution is -0.884. The average Bonchev–Trinajstić information content (AvgIpc) is 2.33. The second-order valence-electron chi connectivity index (χ2n) is 4.87. The van der Waals surface area contributed by atoms with E-state index in [1.54, 1.807) is 6.92 Å². The van der Waals surface area contributed by atoms with Gasteiger partial charge in [-0.1, -0.05) is 6.58 Å². The molecule has 0 radical (unpaired) electrons. The van der Waals surface area contributed by atoms with Crippen LogP contribution in [0, 0.1) is 0 Å². The van der Waals surface area contributed by atoms with Gasteiger partial charge in [0.1, 0.15) is 26.3 Å². The lowest BCUT2D eigenvalue weighted by Gasteiger charge is -2.28. The first-order chi connectivity index (χ1) is 8.78. The molecule has 19 heavy (non-hydrogen) atoms. The van der Waals surface area contributed by atoms with Crippen LogP contribution in [0.4, 0.5) is 0 Å². The van der Waals surface area contributed by atoms with Crippen LogP contribution in [0.3, 0.4) is 0 Å². The van der Waals surface area contributed by atoms with Crippen LogP contribution in [0.2, 0.25) is 0 Å². The lowest BCUT2D eigenvalue weighted by Crippen LogP contribution is -2.42. The third-order valence-electron chi connectivity index (χ3n) is 2.38. The maximum atomic E-state index is 11.2. The molecule has 110 valence electrons. The normalized spacial score (nSPS) is 12.1. The standard InChI is InChI=1S/C13H23NO5/c1-11(2)13(17)19-9-7-14(3,4)6-5-12(16)18-10-8-15/h5,15H,1,6-10H2,2-4H3/p+1. The van der Waals surface area contributed by atoms with E-state index in [4.69, 9.17) is 14.6 Å². The fourth-order valence-corrected chi connectivity index (χ4v) is 1.13. The summed E-state index contributed by atoms with van der Waals surface area (Å²) < 4.78 is 10.4. The van der Waals surface area contributed by atoms with Crippen LogP contribution in [-0.4, -0.2) is 67.7 Å². The number of hydrogen-bond acceptors (Lipinski definition) is 5. The highest BCUT2D eigenvalue weighted by atomic mass is 16.6. The SMILES string of the molecule is C=C(C)C(=O)OCC[N+](C)(C)CC=C(O)OCCO. The van der Waals surface area contributed by atoms with E-state index in [0.717, 1.165) is 0 Å². The van der Waals surface area contributed by atoms with E-state index >= 15 is 0 Å². The molecule has 0 bridgehead atoms. The molecule has 6 nitrogen and oxygen atoms in total. The number of hydrogen-bond donors (Lipinski definition) is 2. The van der Waals surface area contributed by atoms with Crippen molar-refractivity contribution in [3.05, 3.63) is 24.2 Å². The van der Waals surface area contributed by atoms with E-state index in [9.17, 15) is 9.90 Å². The van der Waals surface area contributed by atoms with Gasteiger partial charge in [0.2, 0.25) is 0 Å². The number of likely N-dealkylation sites (N-methyl/N-ethyl adjacent to an activating group) is 1. The Hall–Kier alpha value is -1.53. The summed E-state index contributed by atoms with van der Waals surface area (Å²) in [6.07, 6.45) is 1.52. The van der Waals surface area contributed by atoms with Gasteiger partial charge in [0, 0.05) is 5.57 Å². The Balaban J connectivity index is 4.04. The van der Waals surface area contributed by atoms with Gasteiger partial charge in [0.05, 0.1) is 26.8 Å². The van der Waals surface area contributed by atoms with Gasteiger partial charge in [-0.3, -0.25) is 0 Å². The number of rotatable bonds is 9. The fourth-order valence-electron chi connectivity index (χ4n) is 1.13. The van der Waals surface area contributed by atoms with Crippen LogP contribution in [0.5, 0.6) is 0 Å². The number of carbonyl (C=O) groups excluding carboxylic acids is 1.